The molecule has 0 radical (unpaired) electrons. The number of fused-ring (bicyclic) bond motifs is 6. The number of primary amides is 1. The zero-order chi connectivity index (χ0) is 27.1. The second-order valence-electron chi connectivity index (χ2n) is 8.99. The largest absolute Gasteiger partial charge is 0.461 e. The van der Waals surface area contributed by atoms with E-state index in [-0.39, 0.29) is 5.97 Å². The van der Waals surface area contributed by atoms with Gasteiger partial charge in [-0.05, 0) is 50.7 Å². The third-order valence-corrected chi connectivity index (χ3v) is 7.07. The van der Waals surface area contributed by atoms with Gasteiger partial charge in [-0.25, -0.2) is 24.7 Å². The molecular formula is C25H26IN9O3. The summed E-state index contributed by atoms with van der Waals surface area (Å²) in [4.78, 5) is 40.7. The Bertz CT molecular complexity index is 1590. The lowest BCUT2D eigenvalue weighted by molar-refractivity contribution is 0.0517. The molecule has 0 bridgehead atoms. The summed E-state index contributed by atoms with van der Waals surface area (Å²) in [6, 6.07) is 0. The summed E-state index contributed by atoms with van der Waals surface area (Å²) in [6.45, 7) is 3.99. The Morgan fingerprint density at radius 3 is 2.08 bits per heavy atom. The second-order valence-corrected chi connectivity index (χ2v) is 9.95. The van der Waals surface area contributed by atoms with Crippen LogP contribution in [0.2, 0.25) is 0 Å². The summed E-state index contributed by atoms with van der Waals surface area (Å²) in [5.74, 6) is -0.138. The van der Waals surface area contributed by atoms with Crippen LogP contribution < -0.4 is 5.73 Å². The molecule has 196 valence electrons. The Morgan fingerprint density at radius 2 is 1.47 bits per heavy atom. The van der Waals surface area contributed by atoms with Crippen molar-refractivity contribution < 1.29 is 14.3 Å². The highest BCUT2D eigenvalue weighted by Gasteiger charge is 2.30. The van der Waals surface area contributed by atoms with Crippen molar-refractivity contribution in [1.82, 2.24) is 39.5 Å². The highest BCUT2D eigenvalue weighted by molar-refractivity contribution is 14.1. The van der Waals surface area contributed by atoms with Crippen molar-refractivity contribution in [2.75, 3.05) is 6.61 Å². The molecular weight excluding hydrogens is 601 g/mol. The Morgan fingerprint density at radius 1 is 0.921 bits per heavy atom. The van der Waals surface area contributed by atoms with Gasteiger partial charge in [-0.2, -0.15) is 10.2 Å². The van der Waals surface area contributed by atoms with Gasteiger partial charge in [0, 0.05) is 60.2 Å². The van der Waals surface area contributed by atoms with Crippen LogP contribution >= 0.6 is 22.6 Å². The molecule has 0 unspecified atom stereocenters. The van der Waals surface area contributed by atoms with E-state index in [4.69, 9.17) is 10.5 Å². The number of aryl methyl sites for hydroxylation is 5. The number of carbonyl (C=O) groups is 2. The smallest absolute Gasteiger partial charge is 0.359 e. The van der Waals surface area contributed by atoms with Crippen molar-refractivity contribution in [1.29, 1.82) is 0 Å². The van der Waals surface area contributed by atoms with Crippen molar-refractivity contribution in [3.8, 4) is 22.8 Å². The molecule has 38 heavy (non-hydrogen) atoms. The fraction of sp³-hybridized carbons (Fsp3) is 0.360. The zero-order valence-corrected chi connectivity index (χ0v) is 23.6. The van der Waals surface area contributed by atoms with Gasteiger partial charge in [-0.15, -0.1) is 0 Å². The van der Waals surface area contributed by atoms with Crippen LogP contribution in [0.3, 0.4) is 0 Å². The van der Waals surface area contributed by atoms with Gasteiger partial charge < -0.3 is 10.5 Å². The van der Waals surface area contributed by atoms with E-state index in [2.05, 4.69) is 52.7 Å². The number of nitrogens with zero attached hydrogens (tertiary/aromatic N) is 8. The van der Waals surface area contributed by atoms with Gasteiger partial charge in [-0.3, -0.25) is 14.2 Å². The van der Waals surface area contributed by atoms with E-state index < -0.39 is 5.91 Å². The van der Waals surface area contributed by atoms with Gasteiger partial charge >= 0.3 is 5.97 Å². The Hall–Kier alpha value is -3.75. The molecule has 0 aliphatic heterocycles. The van der Waals surface area contributed by atoms with Gasteiger partial charge in [0.05, 0.1) is 29.4 Å². The van der Waals surface area contributed by atoms with E-state index in [1.165, 1.54) is 0 Å². The summed E-state index contributed by atoms with van der Waals surface area (Å²) in [7, 11) is 3.63. The molecule has 0 saturated heterocycles. The van der Waals surface area contributed by atoms with Crippen LogP contribution in [-0.2, 0) is 44.5 Å². The topological polar surface area (TPSA) is 157 Å². The zero-order valence-electron chi connectivity index (χ0n) is 21.4. The first-order valence-electron chi connectivity index (χ1n) is 12.1. The highest BCUT2D eigenvalue weighted by atomic mass is 127. The first-order chi connectivity index (χ1) is 18.2. The van der Waals surface area contributed by atoms with Crippen molar-refractivity contribution in [3.05, 3.63) is 55.7 Å². The lowest BCUT2D eigenvalue weighted by Crippen LogP contribution is -2.15. The SMILES string of the molecule is CCOC(=O)c1nn(C)c2c1CCc1cnc(I)nc1-2.Cc1ncc2c(n1)-c1c(c(C(N)=O)nn1C)CC2. The number of rotatable bonds is 3. The fourth-order valence-corrected chi connectivity index (χ4v) is 5.32. The highest BCUT2D eigenvalue weighted by Crippen LogP contribution is 2.34. The van der Waals surface area contributed by atoms with Crippen LogP contribution in [0, 0.1) is 10.8 Å². The predicted molar refractivity (Wildman–Crippen MR) is 145 cm³/mol. The molecule has 0 fully saturated rings. The van der Waals surface area contributed by atoms with Crippen molar-refractivity contribution >= 4 is 34.5 Å². The molecule has 13 heteroatoms. The third kappa shape index (κ3) is 4.54. The molecule has 2 aliphatic rings. The average molecular weight is 627 g/mol. The Balaban J connectivity index is 0.000000156. The lowest BCUT2D eigenvalue weighted by Gasteiger charge is -2.16. The van der Waals surface area contributed by atoms with Crippen LogP contribution in [0.15, 0.2) is 12.4 Å². The second kappa shape index (κ2) is 10.2. The van der Waals surface area contributed by atoms with Gasteiger partial charge in [0.1, 0.15) is 5.82 Å². The summed E-state index contributed by atoms with van der Waals surface area (Å²) in [5, 5.41) is 8.52. The minimum Gasteiger partial charge on any atom is -0.461 e. The monoisotopic (exact) mass is 627 g/mol. The van der Waals surface area contributed by atoms with Crippen LogP contribution in [0.25, 0.3) is 22.8 Å². The van der Waals surface area contributed by atoms with E-state index in [0.717, 1.165) is 70.7 Å². The number of esters is 1. The number of amides is 1. The molecule has 6 rings (SSSR count). The summed E-state index contributed by atoms with van der Waals surface area (Å²) >= 11 is 2.09. The molecule has 0 spiro atoms. The van der Waals surface area contributed by atoms with E-state index in [0.29, 0.717) is 27.7 Å². The van der Waals surface area contributed by atoms with E-state index >= 15 is 0 Å². The molecule has 12 nitrogen and oxygen atoms in total. The maximum absolute atomic E-state index is 12.0. The van der Waals surface area contributed by atoms with E-state index in [1.807, 2.05) is 26.4 Å². The Kier molecular flexibility index (Phi) is 6.94. The van der Waals surface area contributed by atoms with Crippen LogP contribution in [0.1, 0.15) is 56.0 Å². The fourth-order valence-electron chi connectivity index (χ4n) is 4.94. The van der Waals surface area contributed by atoms with Crippen LogP contribution in [0.4, 0.5) is 0 Å². The Labute approximate surface area is 232 Å². The maximum Gasteiger partial charge on any atom is 0.359 e. The van der Waals surface area contributed by atoms with Gasteiger partial charge in [-0.1, -0.05) is 0 Å². The van der Waals surface area contributed by atoms with E-state index in [1.54, 1.807) is 23.3 Å². The summed E-state index contributed by atoms with van der Waals surface area (Å²) < 4.78 is 9.15. The molecule has 2 aliphatic carbocycles. The minimum atomic E-state index is -0.485. The average Bonchev–Trinajstić information content (AvgIpc) is 3.42. The van der Waals surface area contributed by atoms with Crippen molar-refractivity contribution in [2.24, 2.45) is 19.8 Å². The normalized spacial score (nSPS) is 12.9. The van der Waals surface area contributed by atoms with E-state index in [9.17, 15) is 9.59 Å². The first kappa shape index (κ1) is 25.9. The standard InChI is InChI=1S/C13H13IN4O2.C12H13N5O/c1-3-20-12(19)10-8-5-4-7-6-15-13(14)16-9(7)11(8)18(2)17-10;1-6-14-5-7-3-4-8-10(12(13)18)16-17(2)11(8)9(7)15-6/h6H,3-5H2,1-2H3;5H,3-4H2,1-2H3,(H2,13,18). The third-order valence-electron chi connectivity index (χ3n) is 6.55. The van der Waals surface area contributed by atoms with Crippen molar-refractivity contribution in [3.63, 3.8) is 0 Å². The van der Waals surface area contributed by atoms with Gasteiger partial charge in [0.15, 0.2) is 15.2 Å². The maximum atomic E-state index is 12.0. The van der Waals surface area contributed by atoms with Gasteiger partial charge in [0.25, 0.3) is 5.91 Å². The summed E-state index contributed by atoms with van der Waals surface area (Å²) in [6.07, 6.45) is 6.84. The quantitative estimate of drug-likeness (QED) is 0.204. The van der Waals surface area contributed by atoms with Crippen molar-refractivity contribution in [2.45, 2.75) is 39.5 Å². The predicted octanol–water partition coefficient (Wildman–Crippen LogP) is 2.14. The van der Waals surface area contributed by atoms with Crippen LogP contribution in [0.5, 0.6) is 0 Å². The molecule has 2 N–H and O–H groups in total. The summed E-state index contributed by atoms with van der Waals surface area (Å²) in [5.41, 5.74) is 13.6. The number of nitrogens with two attached hydrogens (primary N) is 1. The van der Waals surface area contributed by atoms with Crippen LogP contribution in [-0.4, -0.2) is 58.0 Å². The minimum absolute atomic E-state index is 0.348. The molecule has 4 aromatic rings. The van der Waals surface area contributed by atoms with Gasteiger partial charge in [0.2, 0.25) is 0 Å². The number of ether oxygens (including phenoxy) is 1. The first-order valence-corrected chi connectivity index (χ1v) is 13.2. The number of hydrogen-bond donors (Lipinski definition) is 1. The molecule has 4 aromatic heterocycles. The molecule has 0 aromatic carbocycles. The number of aromatic nitrogens is 8. The molecule has 0 saturated carbocycles. The number of hydrogen-bond acceptors (Lipinski definition) is 9. The number of halogens is 1. The lowest BCUT2D eigenvalue weighted by atomic mass is 9.93. The molecule has 1 amide bonds. The number of carbonyl (C=O) groups excluding carboxylic acids is 2. The molecule has 4 heterocycles. The molecule has 0 atom stereocenters.